The molecule has 1 atom stereocenters. The van der Waals surface area contributed by atoms with E-state index in [0.29, 0.717) is 0 Å². The zero-order valence-electron chi connectivity index (χ0n) is 11.4. The Labute approximate surface area is 109 Å². The first-order valence-electron chi connectivity index (χ1n) is 6.71. The molecular weight excluding hydrogens is 226 g/mol. The lowest BCUT2D eigenvalue weighted by Gasteiger charge is -2.24. The van der Waals surface area contributed by atoms with Crippen LogP contribution in [0.5, 0.6) is 5.75 Å². The van der Waals surface area contributed by atoms with Crippen LogP contribution in [-0.2, 0) is 0 Å². The fraction of sp³-hybridized carbons (Fsp3) is 0.643. The summed E-state index contributed by atoms with van der Waals surface area (Å²) in [5.41, 5.74) is 6.06. The van der Waals surface area contributed by atoms with Crippen LogP contribution in [-0.4, -0.2) is 31.2 Å². The fourth-order valence-electron chi connectivity index (χ4n) is 2.32. The average molecular weight is 249 g/mol. The predicted molar refractivity (Wildman–Crippen MR) is 74.0 cm³/mol. The van der Waals surface area contributed by atoms with E-state index in [1.165, 1.54) is 0 Å². The van der Waals surface area contributed by atoms with Gasteiger partial charge in [0.05, 0.1) is 6.61 Å². The molecule has 1 aromatic rings. The lowest BCUT2D eigenvalue weighted by molar-refractivity contribution is 0.316. The highest BCUT2D eigenvalue weighted by Gasteiger charge is 2.34. The van der Waals surface area contributed by atoms with Gasteiger partial charge in [0.15, 0.2) is 11.6 Å². The van der Waals surface area contributed by atoms with Crippen LogP contribution in [0.1, 0.15) is 26.7 Å². The summed E-state index contributed by atoms with van der Waals surface area (Å²) in [4.78, 5) is 6.76. The van der Waals surface area contributed by atoms with Crippen LogP contribution in [0.4, 0.5) is 5.82 Å². The molecule has 1 aromatic heterocycles. The minimum atomic E-state index is 0.208. The minimum absolute atomic E-state index is 0.208. The Balaban J connectivity index is 2.13. The molecule has 0 spiro atoms. The van der Waals surface area contributed by atoms with Gasteiger partial charge in [-0.3, -0.25) is 0 Å². The van der Waals surface area contributed by atoms with E-state index in [1.807, 2.05) is 18.3 Å². The molecule has 1 aliphatic heterocycles. The second-order valence-electron chi connectivity index (χ2n) is 5.36. The number of hydrogen-bond donors (Lipinski definition) is 1. The van der Waals surface area contributed by atoms with E-state index in [0.717, 1.165) is 50.7 Å². The molecule has 1 unspecified atom stereocenters. The normalized spacial score (nSPS) is 23.4. The van der Waals surface area contributed by atoms with E-state index in [9.17, 15) is 0 Å². The summed E-state index contributed by atoms with van der Waals surface area (Å²) in [6, 6.07) is 3.92. The number of anilines is 1. The first-order chi connectivity index (χ1) is 8.68. The van der Waals surface area contributed by atoms with Crippen molar-refractivity contribution in [3.63, 3.8) is 0 Å². The van der Waals surface area contributed by atoms with Crippen LogP contribution in [0.2, 0.25) is 0 Å². The molecule has 2 N–H and O–H groups in total. The van der Waals surface area contributed by atoms with Gasteiger partial charge in [-0.15, -0.1) is 0 Å². The van der Waals surface area contributed by atoms with E-state index in [4.69, 9.17) is 10.5 Å². The molecule has 2 rings (SSSR count). The SMILES string of the molecule is CCCOc1cccnc1N1CCC(C)(CN)C1. The van der Waals surface area contributed by atoms with Crippen molar-refractivity contribution < 1.29 is 4.74 Å². The molecule has 1 aliphatic rings. The summed E-state index contributed by atoms with van der Waals surface area (Å²) in [5.74, 6) is 1.85. The number of ether oxygens (including phenoxy) is 1. The minimum Gasteiger partial charge on any atom is -0.490 e. The maximum Gasteiger partial charge on any atom is 0.171 e. The number of hydrogen-bond acceptors (Lipinski definition) is 4. The zero-order chi connectivity index (χ0) is 13.0. The highest BCUT2D eigenvalue weighted by atomic mass is 16.5. The average Bonchev–Trinajstić information content (AvgIpc) is 2.80. The van der Waals surface area contributed by atoms with Crippen molar-refractivity contribution in [2.75, 3.05) is 31.1 Å². The molecular formula is C14H23N3O. The van der Waals surface area contributed by atoms with E-state index in [2.05, 4.69) is 23.7 Å². The van der Waals surface area contributed by atoms with Crippen molar-refractivity contribution in [1.82, 2.24) is 4.98 Å². The maximum atomic E-state index is 5.85. The molecule has 0 saturated carbocycles. The molecule has 0 amide bonds. The first kappa shape index (κ1) is 13.1. The van der Waals surface area contributed by atoms with Crippen molar-refractivity contribution in [2.24, 2.45) is 11.1 Å². The lowest BCUT2D eigenvalue weighted by atomic mass is 9.90. The van der Waals surface area contributed by atoms with Crippen LogP contribution in [0.3, 0.4) is 0 Å². The number of nitrogens with zero attached hydrogens (tertiary/aromatic N) is 2. The second kappa shape index (κ2) is 5.57. The van der Waals surface area contributed by atoms with Crippen LogP contribution >= 0.6 is 0 Å². The zero-order valence-corrected chi connectivity index (χ0v) is 11.4. The maximum absolute atomic E-state index is 5.85. The van der Waals surface area contributed by atoms with Crippen molar-refractivity contribution in [1.29, 1.82) is 0 Å². The molecule has 18 heavy (non-hydrogen) atoms. The second-order valence-corrected chi connectivity index (χ2v) is 5.36. The van der Waals surface area contributed by atoms with E-state index in [-0.39, 0.29) is 5.41 Å². The predicted octanol–water partition coefficient (Wildman–Crippen LogP) is 2.05. The van der Waals surface area contributed by atoms with E-state index < -0.39 is 0 Å². The molecule has 0 bridgehead atoms. The van der Waals surface area contributed by atoms with Gasteiger partial charge in [-0.1, -0.05) is 13.8 Å². The third kappa shape index (κ3) is 2.75. The summed E-state index contributed by atoms with van der Waals surface area (Å²) in [6.45, 7) is 7.78. The summed E-state index contributed by atoms with van der Waals surface area (Å²) in [6.07, 6.45) is 3.95. The van der Waals surface area contributed by atoms with Gasteiger partial charge >= 0.3 is 0 Å². The molecule has 4 heteroatoms. The lowest BCUT2D eigenvalue weighted by Crippen LogP contribution is -2.31. The quantitative estimate of drug-likeness (QED) is 0.867. The van der Waals surface area contributed by atoms with E-state index in [1.54, 1.807) is 0 Å². The number of rotatable bonds is 5. The van der Waals surface area contributed by atoms with Gasteiger partial charge in [0.2, 0.25) is 0 Å². The Morgan fingerprint density at radius 1 is 1.56 bits per heavy atom. The molecule has 100 valence electrons. The number of nitrogens with two attached hydrogens (primary N) is 1. The monoisotopic (exact) mass is 249 g/mol. The van der Waals surface area contributed by atoms with Crippen molar-refractivity contribution in [3.05, 3.63) is 18.3 Å². The number of aromatic nitrogens is 1. The Morgan fingerprint density at radius 3 is 3.06 bits per heavy atom. The van der Waals surface area contributed by atoms with Gasteiger partial charge in [-0.05, 0) is 36.9 Å². The molecule has 1 saturated heterocycles. The van der Waals surface area contributed by atoms with Gasteiger partial charge in [0.25, 0.3) is 0 Å². The van der Waals surface area contributed by atoms with Crippen molar-refractivity contribution in [3.8, 4) is 5.75 Å². The highest BCUT2D eigenvalue weighted by molar-refractivity contribution is 5.53. The molecule has 4 nitrogen and oxygen atoms in total. The van der Waals surface area contributed by atoms with Gasteiger partial charge in [-0.2, -0.15) is 0 Å². The van der Waals surface area contributed by atoms with Crippen molar-refractivity contribution >= 4 is 5.82 Å². The van der Waals surface area contributed by atoms with Gasteiger partial charge < -0.3 is 15.4 Å². The first-order valence-corrected chi connectivity index (χ1v) is 6.71. The van der Waals surface area contributed by atoms with Gasteiger partial charge in [-0.25, -0.2) is 4.98 Å². The van der Waals surface area contributed by atoms with Gasteiger partial charge in [0.1, 0.15) is 0 Å². The van der Waals surface area contributed by atoms with Crippen molar-refractivity contribution in [2.45, 2.75) is 26.7 Å². The van der Waals surface area contributed by atoms with Crippen LogP contribution in [0.25, 0.3) is 0 Å². The standard InChI is InChI=1S/C14H23N3O/c1-3-9-18-12-5-4-7-16-13(12)17-8-6-14(2,10-15)11-17/h4-5,7H,3,6,8-11,15H2,1-2H3. The Bertz CT molecular complexity index is 396. The third-order valence-corrected chi connectivity index (χ3v) is 3.56. The van der Waals surface area contributed by atoms with Gasteiger partial charge in [0, 0.05) is 19.3 Å². The molecule has 0 radical (unpaired) electrons. The highest BCUT2D eigenvalue weighted by Crippen LogP contribution is 2.35. The smallest absolute Gasteiger partial charge is 0.171 e. The summed E-state index contributed by atoms with van der Waals surface area (Å²) in [5, 5.41) is 0. The third-order valence-electron chi connectivity index (χ3n) is 3.56. The van der Waals surface area contributed by atoms with Crippen LogP contribution < -0.4 is 15.4 Å². The topological polar surface area (TPSA) is 51.4 Å². The van der Waals surface area contributed by atoms with E-state index >= 15 is 0 Å². The van der Waals surface area contributed by atoms with Crippen LogP contribution in [0.15, 0.2) is 18.3 Å². The Morgan fingerprint density at radius 2 is 2.39 bits per heavy atom. The molecule has 2 heterocycles. The van der Waals surface area contributed by atoms with Crippen LogP contribution in [0, 0.1) is 5.41 Å². The number of pyridine rings is 1. The Hall–Kier alpha value is -1.29. The summed E-state index contributed by atoms with van der Waals surface area (Å²) >= 11 is 0. The Kier molecular flexibility index (Phi) is 4.07. The summed E-state index contributed by atoms with van der Waals surface area (Å²) < 4.78 is 5.77. The fourth-order valence-corrected chi connectivity index (χ4v) is 2.32. The summed E-state index contributed by atoms with van der Waals surface area (Å²) in [7, 11) is 0. The largest absolute Gasteiger partial charge is 0.490 e. The molecule has 0 aromatic carbocycles. The molecule has 1 fully saturated rings. The molecule has 0 aliphatic carbocycles.